The summed E-state index contributed by atoms with van der Waals surface area (Å²) in [6.45, 7) is 4.07. The van der Waals surface area contributed by atoms with Crippen molar-refractivity contribution in [1.29, 1.82) is 0 Å². The lowest BCUT2D eigenvalue weighted by Gasteiger charge is -2.10. The Hall–Kier alpha value is -3.06. The first-order chi connectivity index (χ1) is 12.9. The van der Waals surface area contributed by atoms with Crippen LogP contribution in [0.25, 0.3) is 0 Å². The summed E-state index contributed by atoms with van der Waals surface area (Å²) in [5.41, 5.74) is 3.85. The van der Waals surface area contributed by atoms with Gasteiger partial charge in [-0.15, -0.1) is 5.10 Å². The molecule has 7 nitrogen and oxygen atoms in total. The van der Waals surface area contributed by atoms with Crippen LogP contribution >= 0.6 is 11.6 Å². The van der Waals surface area contributed by atoms with Crippen LogP contribution in [0.2, 0.25) is 5.02 Å². The fourth-order valence-corrected chi connectivity index (χ4v) is 2.78. The van der Waals surface area contributed by atoms with Crippen LogP contribution in [0.15, 0.2) is 40.8 Å². The van der Waals surface area contributed by atoms with Crippen molar-refractivity contribution in [2.75, 3.05) is 17.7 Å². The van der Waals surface area contributed by atoms with Crippen molar-refractivity contribution in [2.45, 2.75) is 20.3 Å². The first kappa shape index (κ1) is 18.7. The topological polar surface area (TPSA) is 89.3 Å². The molecule has 3 rings (SSSR count). The van der Waals surface area contributed by atoms with Crippen LogP contribution in [0.3, 0.4) is 0 Å². The Kier molecular flexibility index (Phi) is 5.61. The summed E-state index contributed by atoms with van der Waals surface area (Å²) in [5.74, 6) is 0.896. The largest absolute Gasteiger partial charge is 0.495 e. The lowest BCUT2D eigenvalue weighted by molar-refractivity contribution is 0.261. The van der Waals surface area contributed by atoms with E-state index in [2.05, 4.69) is 26.9 Å². The van der Waals surface area contributed by atoms with Crippen LogP contribution in [-0.2, 0) is 6.42 Å². The molecule has 0 saturated carbocycles. The number of halogens is 1. The lowest BCUT2D eigenvalue weighted by Crippen LogP contribution is -2.20. The number of carbonyl (C=O) groups excluding carboxylic acids is 1. The van der Waals surface area contributed by atoms with Crippen molar-refractivity contribution in [2.24, 2.45) is 0 Å². The molecule has 0 saturated heterocycles. The monoisotopic (exact) mass is 386 g/mol. The number of nitrogens with one attached hydrogen (secondary N) is 2. The Bertz CT molecular complexity index is 971. The zero-order chi connectivity index (χ0) is 19.4. The maximum absolute atomic E-state index is 12.2. The summed E-state index contributed by atoms with van der Waals surface area (Å²) in [5, 5.41) is 13.4. The van der Waals surface area contributed by atoms with E-state index < -0.39 is 6.03 Å². The molecule has 0 fully saturated rings. The van der Waals surface area contributed by atoms with E-state index in [0.29, 0.717) is 28.8 Å². The predicted octanol–water partition coefficient (Wildman–Crippen LogP) is 4.58. The van der Waals surface area contributed by atoms with Crippen molar-refractivity contribution in [3.63, 3.8) is 0 Å². The maximum Gasteiger partial charge on any atom is 0.327 e. The first-order valence-electron chi connectivity index (χ1n) is 8.24. The molecule has 2 N–H and O–H groups in total. The minimum atomic E-state index is -0.544. The summed E-state index contributed by atoms with van der Waals surface area (Å²) in [6, 6.07) is 10.5. The fraction of sp³-hybridized carbons (Fsp3) is 0.211. The third kappa shape index (κ3) is 4.77. The molecule has 0 aliphatic heterocycles. The Morgan fingerprint density at radius 2 is 1.96 bits per heavy atom. The number of aryl methyl sites for hydroxylation is 2. The molecule has 27 heavy (non-hydrogen) atoms. The highest BCUT2D eigenvalue weighted by Crippen LogP contribution is 2.27. The minimum Gasteiger partial charge on any atom is -0.495 e. The number of methoxy groups -OCH3 is 1. The average molecular weight is 387 g/mol. The highest BCUT2D eigenvalue weighted by Gasteiger charge is 2.13. The van der Waals surface area contributed by atoms with E-state index in [1.54, 1.807) is 18.2 Å². The van der Waals surface area contributed by atoms with E-state index in [-0.39, 0.29) is 6.01 Å². The number of amides is 2. The number of anilines is 2. The van der Waals surface area contributed by atoms with Gasteiger partial charge in [-0.1, -0.05) is 40.5 Å². The number of rotatable bonds is 5. The maximum atomic E-state index is 12.2. The minimum absolute atomic E-state index is 0.00765. The highest BCUT2D eigenvalue weighted by atomic mass is 35.5. The van der Waals surface area contributed by atoms with Gasteiger partial charge in [-0.3, -0.25) is 5.32 Å². The molecule has 0 bridgehead atoms. The second-order valence-electron chi connectivity index (χ2n) is 6.03. The Morgan fingerprint density at radius 1 is 1.15 bits per heavy atom. The molecule has 0 atom stereocenters. The number of nitrogens with zero attached hydrogens (tertiary/aromatic N) is 2. The van der Waals surface area contributed by atoms with E-state index in [1.807, 2.05) is 26.0 Å². The molecule has 1 heterocycles. The number of benzene rings is 2. The second-order valence-corrected chi connectivity index (χ2v) is 6.47. The zero-order valence-corrected chi connectivity index (χ0v) is 15.9. The molecule has 1 aromatic heterocycles. The molecule has 2 amide bonds. The van der Waals surface area contributed by atoms with E-state index >= 15 is 0 Å². The molecule has 0 aliphatic carbocycles. The number of carbonyl (C=O) groups is 1. The number of hydrogen-bond donors (Lipinski definition) is 2. The Labute approximate surface area is 161 Å². The number of urea groups is 1. The SMILES string of the molecule is COc1ccc(Cl)cc1NC(=O)Nc1nnc(Cc2ccc(C)cc2C)o1. The normalized spacial score (nSPS) is 10.5. The molecular weight excluding hydrogens is 368 g/mol. The summed E-state index contributed by atoms with van der Waals surface area (Å²) >= 11 is 5.95. The van der Waals surface area contributed by atoms with Crippen molar-refractivity contribution < 1.29 is 13.9 Å². The van der Waals surface area contributed by atoms with Gasteiger partial charge in [0.1, 0.15) is 5.75 Å². The van der Waals surface area contributed by atoms with Gasteiger partial charge in [0.05, 0.1) is 19.2 Å². The van der Waals surface area contributed by atoms with Crippen molar-refractivity contribution in [3.8, 4) is 5.75 Å². The molecule has 140 valence electrons. The molecule has 0 radical (unpaired) electrons. The first-order valence-corrected chi connectivity index (χ1v) is 8.62. The Balaban J connectivity index is 1.65. The van der Waals surface area contributed by atoms with E-state index in [1.165, 1.54) is 12.7 Å². The number of aromatic nitrogens is 2. The van der Waals surface area contributed by atoms with E-state index in [0.717, 1.165) is 11.1 Å². The van der Waals surface area contributed by atoms with Gasteiger partial charge < -0.3 is 14.5 Å². The van der Waals surface area contributed by atoms with Crippen LogP contribution < -0.4 is 15.4 Å². The highest BCUT2D eigenvalue weighted by molar-refractivity contribution is 6.31. The molecule has 0 unspecified atom stereocenters. The van der Waals surface area contributed by atoms with Gasteiger partial charge >= 0.3 is 12.0 Å². The number of ether oxygens (including phenoxy) is 1. The van der Waals surface area contributed by atoms with Crippen LogP contribution in [0.5, 0.6) is 5.75 Å². The van der Waals surface area contributed by atoms with Crippen LogP contribution in [0.1, 0.15) is 22.6 Å². The van der Waals surface area contributed by atoms with Gasteiger partial charge in [0.25, 0.3) is 0 Å². The fourth-order valence-electron chi connectivity index (χ4n) is 2.61. The molecule has 8 heteroatoms. The quantitative estimate of drug-likeness (QED) is 0.669. The Morgan fingerprint density at radius 3 is 2.70 bits per heavy atom. The summed E-state index contributed by atoms with van der Waals surface area (Å²) < 4.78 is 10.7. The van der Waals surface area contributed by atoms with Crippen LogP contribution in [-0.4, -0.2) is 23.3 Å². The average Bonchev–Trinajstić information content (AvgIpc) is 3.04. The molecule has 3 aromatic rings. The number of hydrogen-bond acceptors (Lipinski definition) is 5. The van der Waals surface area contributed by atoms with E-state index in [4.69, 9.17) is 20.8 Å². The van der Waals surface area contributed by atoms with Crippen molar-refractivity contribution in [1.82, 2.24) is 10.2 Å². The summed E-state index contributed by atoms with van der Waals surface area (Å²) in [6.07, 6.45) is 0.491. The molecule has 2 aromatic carbocycles. The smallest absolute Gasteiger partial charge is 0.327 e. The van der Waals surface area contributed by atoms with Crippen molar-refractivity contribution >= 4 is 29.3 Å². The van der Waals surface area contributed by atoms with Gasteiger partial charge in [0, 0.05) is 5.02 Å². The van der Waals surface area contributed by atoms with Gasteiger partial charge in [0.2, 0.25) is 5.89 Å². The summed E-state index contributed by atoms with van der Waals surface area (Å²) in [7, 11) is 1.50. The molecule has 0 spiro atoms. The predicted molar refractivity (Wildman–Crippen MR) is 104 cm³/mol. The van der Waals surface area contributed by atoms with Gasteiger partial charge in [-0.05, 0) is 43.2 Å². The standard InChI is InChI=1S/C19H19ClN4O3/c1-11-4-5-13(12(2)8-11)9-17-23-24-19(27-17)22-18(25)21-15-10-14(20)6-7-16(15)26-3/h4-8,10H,9H2,1-3H3,(H2,21,22,24,25). The van der Waals surface area contributed by atoms with Gasteiger partial charge in [-0.25, -0.2) is 4.79 Å². The third-order valence-electron chi connectivity index (χ3n) is 3.94. The van der Waals surface area contributed by atoms with Gasteiger partial charge in [-0.2, -0.15) is 0 Å². The molecular formula is C19H19ClN4O3. The van der Waals surface area contributed by atoms with E-state index in [9.17, 15) is 4.79 Å². The van der Waals surface area contributed by atoms with Crippen molar-refractivity contribution in [3.05, 3.63) is 64.0 Å². The van der Waals surface area contributed by atoms with Gasteiger partial charge in [0.15, 0.2) is 0 Å². The van der Waals surface area contributed by atoms with Crippen LogP contribution in [0.4, 0.5) is 16.5 Å². The lowest BCUT2D eigenvalue weighted by atomic mass is 10.0. The second kappa shape index (κ2) is 8.09. The van der Waals surface area contributed by atoms with Crippen LogP contribution in [0, 0.1) is 13.8 Å². The molecule has 0 aliphatic rings. The third-order valence-corrected chi connectivity index (χ3v) is 4.17. The zero-order valence-electron chi connectivity index (χ0n) is 15.2. The summed E-state index contributed by atoms with van der Waals surface area (Å²) in [4.78, 5) is 12.2.